The van der Waals surface area contributed by atoms with Gasteiger partial charge < -0.3 is 0 Å². The van der Waals surface area contributed by atoms with Gasteiger partial charge in [0, 0.05) is 10.9 Å². The molecule has 0 spiro atoms. The van der Waals surface area contributed by atoms with E-state index in [4.69, 9.17) is 11.6 Å². The second-order valence-electron chi connectivity index (χ2n) is 3.68. The van der Waals surface area contributed by atoms with Gasteiger partial charge in [0.15, 0.2) is 0 Å². The van der Waals surface area contributed by atoms with Crippen molar-refractivity contribution >= 4 is 11.6 Å². The van der Waals surface area contributed by atoms with Crippen molar-refractivity contribution in [2.24, 2.45) is 0 Å². The van der Waals surface area contributed by atoms with Crippen LogP contribution in [-0.2, 0) is 0 Å². The first-order valence-electron chi connectivity index (χ1n) is 5.08. The lowest BCUT2D eigenvalue weighted by atomic mass is 9.93. The van der Waals surface area contributed by atoms with Gasteiger partial charge in [-0.05, 0) is 23.3 Å². The molecular weight excluding hydrogens is 204 g/mol. The average molecular weight is 217 g/mol. The summed E-state index contributed by atoms with van der Waals surface area (Å²) in [5, 5.41) is 0.791. The molecule has 1 atom stereocenters. The van der Waals surface area contributed by atoms with Crippen molar-refractivity contribution in [2.45, 2.75) is 12.8 Å². The highest BCUT2D eigenvalue weighted by molar-refractivity contribution is 6.30. The van der Waals surface area contributed by atoms with Gasteiger partial charge in [0.1, 0.15) is 0 Å². The van der Waals surface area contributed by atoms with E-state index in [1.54, 1.807) is 0 Å². The summed E-state index contributed by atoms with van der Waals surface area (Å²) in [6.45, 7) is 2.21. The van der Waals surface area contributed by atoms with E-state index < -0.39 is 0 Å². The Balaban J connectivity index is 2.29. The highest BCUT2D eigenvalue weighted by Gasteiger charge is 2.06. The number of benzene rings is 2. The predicted molar refractivity (Wildman–Crippen MR) is 65.4 cm³/mol. The predicted octanol–water partition coefficient (Wildman–Crippen LogP) is 4.49. The lowest BCUT2D eigenvalue weighted by Crippen LogP contribution is -1.94. The summed E-state index contributed by atoms with van der Waals surface area (Å²) in [5.74, 6) is 0.420. The summed E-state index contributed by atoms with van der Waals surface area (Å²) in [4.78, 5) is 0. The first kappa shape index (κ1) is 10.3. The molecule has 15 heavy (non-hydrogen) atoms. The zero-order chi connectivity index (χ0) is 10.7. The van der Waals surface area contributed by atoms with Crippen molar-refractivity contribution in [3.05, 3.63) is 70.7 Å². The monoisotopic (exact) mass is 216 g/mol. The minimum Gasteiger partial charge on any atom is -0.0843 e. The number of halogens is 1. The molecule has 0 fully saturated rings. The van der Waals surface area contributed by atoms with Crippen LogP contribution in [0.2, 0.25) is 5.02 Å². The van der Waals surface area contributed by atoms with Gasteiger partial charge in [0.25, 0.3) is 0 Å². The first-order chi connectivity index (χ1) is 7.27. The van der Waals surface area contributed by atoms with Crippen molar-refractivity contribution in [3.8, 4) is 0 Å². The summed E-state index contributed by atoms with van der Waals surface area (Å²) < 4.78 is 0. The van der Waals surface area contributed by atoms with Crippen LogP contribution >= 0.6 is 11.6 Å². The van der Waals surface area contributed by atoms with Gasteiger partial charge in [-0.3, -0.25) is 0 Å². The molecule has 0 aliphatic carbocycles. The van der Waals surface area contributed by atoms with E-state index in [0.29, 0.717) is 5.92 Å². The van der Waals surface area contributed by atoms with Crippen LogP contribution < -0.4 is 0 Å². The van der Waals surface area contributed by atoms with Crippen LogP contribution in [0.15, 0.2) is 54.6 Å². The Morgan fingerprint density at radius 1 is 0.800 bits per heavy atom. The van der Waals surface area contributed by atoms with Crippen molar-refractivity contribution < 1.29 is 0 Å². The van der Waals surface area contributed by atoms with E-state index >= 15 is 0 Å². The highest BCUT2D eigenvalue weighted by atomic mass is 35.5. The molecule has 0 saturated heterocycles. The molecule has 0 heterocycles. The lowest BCUT2D eigenvalue weighted by molar-refractivity contribution is 0.922. The molecule has 0 saturated carbocycles. The molecule has 0 nitrogen and oxygen atoms in total. The van der Waals surface area contributed by atoms with Crippen LogP contribution in [-0.4, -0.2) is 0 Å². The maximum absolute atomic E-state index is 5.86. The molecule has 0 radical (unpaired) electrons. The van der Waals surface area contributed by atoms with Crippen LogP contribution in [0.3, 0.4) is 0 Å². The maximum atomic E-state index is 5.86. The minimum absolute atomic E-state index is 0.420. The largest absolute Gasteiger partial charge is 0.0843 e. The number of hydrogen-bond donors (Lipinski definition) is 0. The average Bonchev–Trinajstić information content (AvgIpc) is 2.30. The minimum atomic E-state index is 0.420. The van der Waals surface area contributed by atoms with Crippen molar-refractivity contribution in [2.75, 3.05) is 0 Å². The van der Waals surface area contributed by atoms with E-state index in [-0.39, 0.29) is 0 Å². The second-order valence-corrected chi connectivity index (χ2v) is 4.12. The number of rotatable bonds is 2. The van der Waals surface area contributed by atoms with E-state index in [0.717, 1.165) is 5.02 Å². The van der Waals surface area contributed by atoms with Crippen LogP contribution in [0.1, 0.15) is 24.0 Å². The van der Waals surface area contributed by atoms with E-state index in [9.17, 15) is 0 Å². The van der Waals surface area contributed by atoms with Gasteiger partial charge in [-0.1, -0.05) is 61.0 Å². The molecule has 2 aromatic carbocycles. The van der Waals surface area contributed by atoms with Gasteiger partial charge in [0.2, 0.25) is 0 Å². The fourth-order valence-electron chi connectivity index (χ4n) is 1.69. The third-order valence-corrected chi connectivity index (χ3v) is 2.92. The SMILES string of the molecule is C[C@H](c1ccccc1)c1ccc(Cl)cc1. The maximum Gasteiger partial charge on any atom is 0.0406 e. The molecule has 0 aromatic heterocycles. The third-order valence-electron chi connectivity index (χ3n) is 2.67. The van der Waals surface area contributed by atoms with Gasteiger partial charge >= 0.3 is 0 Å². The Labute approximate surface area is 95.5 Å². The van der Waals surface area contributed by atoms with Gasteiger partial charge in [-0.25, -0.2) is 0 Å². The topological polar surface area (TPSA) is 0 Å². The highest BCUT2D eigenvalue weighted by Crippen LogP contribution is 2.24. The molecule has 2 aromatic rings. The smallest absolute Gasteiger partial charge is 0.0406 e. The summed E-state index contributed by atoms with van der Waals surface area (Å²) in [5.41, 5.74) is 2.63. The van der Waals surface area contributed by atoms with Crippen molar-refractivity contribution in [1.29, 1.82) is 0 Å². The molecule has 0 aliphatic heterocycles. The van der Waals surface area contributed by atoms with Crippen molar-refractivity contribution in [3.63, 3.8) is 0 Å². The van der Waals surface area contributed by atoms with Gasteiger partial charge in [-0.15, -0.1) is 0 Å². The van der Waals surface area contributed by atoms with Gasteiger partial charge in [-0.2, -0.15) is 0 Å². The Morgan fingerprint density at radius 3 is 1.93 bits per heavy atom. The fraction of sp³-hybridized carbons (Fsp3) is 0.143. The van der Waals surface area contributed by atoms with Crippen molar-refractivity contribution in [1.82, 2.24) is 0 Å². The first-order valence-corrected chi connectivity index (χ1v) is 5.45. The molecule has 0 unspecified atom stereocenters. The van der Waals surface area contributed by atoms with E-state index in [1.807, 2.05) is 18.2 Å². The zero-order valence-electron chi connectivity index (χ0n) is 8.65. The third kappa shape index (κ3) is 2.40. The van der Waals surface area contributed by atoms with Gasteiger partial charge in [0.05, 0.1) is 0 Å². The van der Waals surface area contributed by atoms with Crippen LogP contribution in [0.5, 0.6) is 0 Å². The van der Waals surface area contributed by atoms with E-state index in [2.05, 4.69) is 43.3 Å². The molecule has 0 N–H and O–H groups in total. The van der Waals surface area contributed by atoms with Crippen LogP contribution in [0, 0.1) is 0 Å². The normalized spacial score (nSPS) is 12.4. The zero-order valence-corrected chi connectivity index (χ0v) is 9.41. The Kier molecular flexibility index (Phi) is 3.08. The number of hydrogen-bond acceptors (Lipinski definition) is 0. The molecule has 2 rings (SSSR count). The summed E-state index contributed by atoms with van der Waals surface area (Å²) in [6.07, 6.45) is 0. The summed E-state index contributed by atoms with van der Waals surface area (Å²) >= 11 is 5.86. The Bertz CT molecular complexity index is 417. The lowest BCUT2D eigenvalue weighted by Gasteiger charge is -2.12. The molecule has 0 bridgehead atoms. The van der Waals surface area contributed by atoms with Crippen LogP contribution in [0.4, 0.5) is 0 Å². The second kappa shape index (κ2) is 4.50. The summed E-state index contributed by atoms with van der Waals surface area (Å²) in [7, 11) is 0. The quantitative estimate of drug-likeness (QED) is 0.694. The molecule has 0 amide bonds. The fourth-order valence-corrected chi connectivity index (χ4v) is 1.81. The van der Waals surface area contributed by atoms with Crippen LogP contribution in [0.25, 0.3) is 0 Å². The Hall–Kier alpha value is -1.27. The van der Waals surface area contributed by atoms with E-state index in [1.165, 1.54) is 11.1 Å². The molecule has 76 valence electrons. The standard InChI is InChI=1S/C14H13Cl/c1-11(12-5-3-2-4-6-12)13-7-9-14(15)10-8-13/h2-11H,1H3/t11-/m1/s1. The molecular formula is C14H13Cl. The summed E-state index contributed by atoms with van der Waals surface area (Å²) in [6, 6.07) is 18.5. The molecule has 0 aliphatic rings. The molecule has 1 heteroatoms. The Morgan fingerprint density at radius 2 is 1.33 bits per heavy atom.